The van der Waals surface area contributed by atoms with Crippen LogP contribution in [0.15, 0.2) is 48.1 Å². The van der Waals surface area contributed by atoms with E-state index in [1.807, 2.05) is 51.3 Å². The van der Waals surface area contributed by atoms with E-state index >= 15 is 8.78 Å². The number of piperidine rings is 1. The average molecular weight is 593 g/mol. The first-order chi connectivity index (χ1) is 19.9. The smallest absolute Gasteiger partial charge is 0.305 e. The van der Waals surface area contributed by atoms with Crippen LogP contribution >= 0.6 is 11.3 Å². The minimum absolute atomic E-state index is 0.0698. The summed E-state index contributed by atoms with van der Waals surface area (Å²) in [6.45, 7) is 8.09. The van der Waals surface area contributed by atoms with E-state index < -0.39 is 47.9 Å². The number of carboxylic acids is 1. The molecule has 6 rings (SSSR count). The molecule has 218 valence electrons. The fraction of sp³-hybridized carbons (Fsp3) is 0.355. The average Bonchev–Trinajstić information content (AvgIpc) is 3.42. The number of carboxylic acid groups (broad SMARTS) is 1. The molecule has 2 fully saturated rings. The fourth-order valence-electron chi connectivity index (χ4n) is 6.72. The number of nitrogens with one attached hydrogen (secondary N) is 1. The van der Waals surface area contributed by atoms with Crippen LogP contribution in [0.5, 0.6) is 0 Å². The second-order valence-corrected chi connectivity index (χ2v) is 12.7. The standard InChI is InChI=1S/C31H30F2N4O4S/c1-15-6-5-7-16(2)24(15)17-10-18(26(33)20(32)11-17)21(12-23(38)39)34-28(40)27-25-19(31(25,3)4)13-37(27)29(41)22-14-36-8-9-42-30(36)35-22/h5-11,14,19,21,25,27H,12-13H2,1-4H3,(H,34,40)(H,38,39)/t19?,21-,25?,27-/m0/s1. The molecule has 0 radical (unpaired) electrons. The van der Waals surface area contributed by atoms with Gasteiger partial charge in [0.25, 0.3) is 5.91 Å². The van der Waals surface area contributed by atoms with Gasteiger partial charge in [0.05, 0.1) is 12.5 Å². The van der Waals surface area contributed by atoms with E-state index in [1.165, 1.54) is 22.3 Å². The maximum absolute atomic E-state index is 15.3. The number of hydrogen-bond acceptors (Lipinski definition) is 5. The molecule has 42 heavy (non-hydrogen) atoms. The third-order valence-electron chi connectivity index (χ3n) is 8.95. The summed E-state index contributed by atoms with van der Waals surface area (Å²) in [5.74, 6) is -4.77. The van der Waals surface area contributed by atoms with Gasteiger partial charge in [-0.1, -0.05) is 32.0 Å². The molecule has 2 unspecified atom stereocenters. The van der Waals surface area contributed by atoms with Crippen LogP contribution in [0.1, 0.15) is 53.5 Å². The van der Waals surface area contributed by atoms with E-state index in [9.17, 15) is 19.5 Å². The minimum Gasteiger partial charge on any atom is -0.481 e. The van der Waals surface area contributed by atoms with Gasteiger partial charge < -0.3 is 15.3 Å². The molecule has 1 aliphatic heterocycles. The zero-order valence-electron chi connectivity index (χ0n) is 23.5. The van der Waals surface area contributed by atoms with E-state index in [4.69, 9.17) is 0 Å². The topological polar surface area (TPSA) is 104 Å². The predicted octanol–water partition coefficient (Wildman–Crippen LogP) is 5.39. The lowest BCUT2D eigenvalue weighted by Crippen LogP contribution is -2.50. The summed E-state index contributed by atoms with van der Waals surface area (Å²) in [6.07, 6.45) is 2.73. The summed E-state index contributed by atoms with van der Waals surface area (Å²) < 4.78 is 32.1. The number of aliphatic carboxylic acids is 1. The van der Waals surface area contributed by atoms with Crippen LogP contribution < -0.4 is 5.32 Å². The lowest BCUT2D eigenvalue weighted by Gasteiger charge is -2.31. The predicted molar refractivity (Wildman–Crippen MR) is 153 cm³/mol. The van der Waals surface area contributed by atoms with Gasteiger partial charge in [-0.25, -0.2) is 13.8 Å². The molecule has 1 saturated heterocycles. The molecule has 2 aromatic heterocycles. The molecule has 2 aliphatic rings. The maximum Gasteiger partial charge on any atom is 0.305 e. The zero-order valence-corrected chi connectivity index (χ0v) is 24.3. The van der Waals surface area contributed by atoms with Gasteiger partial charge in [-0.3, -0.25) is 18.8 Å². The summed E-state index contributed by atoms with van der Waals surface area (Å²) in [5.41, 5.74) is 2.49. The van der Waals surface area contributed by atoms with Gasteiger partial charge in [0.15, 0.2) is 16.6 Å². The molecule has 3 heterocycles. The quantitative estimate of drug-likeness (QED) is 0.300. The van der Waals surface area contributed by atoms with Gasteiger partial charge in [0.2, 0.25) is 5.91 Å². The number of carbonyl (C=O) groups is 3. The van der Waals surface area contributed by atoms with Gasteiger partial charge in [0.1, 0.15) is 11.7 Å². The Morgan fingerprint density at radius 2 is 1.90 bits per heavy atom. The number of aromatic nitrogens is 2. The fourth-order valence-corrected chi connectivity index (χ4v) is 7.42. The summed E-state index contributed by atoms with van der Waals surface area (Å²) in [6, 6.07) is 5.76. The number of hydrogen-bond donors (Lipinski definition) is 2. The van der Waals surface area contributed by atoms with Crippen molar-refractivity contribution in [3.8, 4) is 11.1 Å². The Bertz CT molecular complexity index is 1710. The second-order valence-electron chi connectivity index (χ2n) is 11.9. The van der Waals surface area contributed by atoms with Crippen molar-refractivity contribution < 1.29 is 28.3 Å². The Labute approximate surface area is 245 Å². The van der Waals surface area contributed by atoms with E-state index in [2.05, 4.69) is 10.3 Å². The number of benzene rings is 2. The number of thiazole rings is 1. The number of rotatable bonds is 7. The number of nitrogens with zero attached hydrogens (tertiary/aromatic N) is 3. The van der Waals surface area contributed by atoms with Crippen LogP contribution in [0.2, 0.25) is 0 Å². The molecule has 1 saturated carbocycles. The third kappa shape index (κ3) is 4.56. The third-order valence-corrected chi connectivity index (χ3v) is 9.72. The van der Waals surface area contributed by atoms with Crippen molar-refractivity contribution in [2.75, 3.05) is 6.54 Å². The molecule has 11 heteroatoms. The number of aryl methyl sites for hydroxylation is 2. The molecule has 2 N–H and O–H groups in total. The minimum atomic E-state index is -1.37. The Hall–Kier alpha value is -4.12. The highest BCUT2D eigenvalue weighted by atomic mass is 32.1. The summed E-state index contributed by atoms with van der Waals surface area (Å²) in [7, 11) is 0. The van der Waals surface area contributed by atoms with Crippen molar-refractivity contribution in [3.63, 3.8) is 0 Å². The van der Waals surface area contributed by atoms with Crippen molar-refractivity contribution in [1.29, 1.82) is 0 Å². The zero-order chi connectivity index (χ0) is 30.1. The monoisotopic (exact) mass is 592 g/mol. The Balaban J connectivity index is 1.35. The van der Waals surface area contributed by atoms with Crippen molar-refractivity contribution in [2.45, 2.75) is 46.2 Å². The van der Waals surface area contributed by atoms with Crippen LogP contribution in [0.4, 0.5) is 8.78 Å². The van der Waals surface area contributed by atoms with Crippen LogP contribution in [0.25, 0.3) is 16.1 Å². The van der Waals surface area contributed by atoms with Gasteiger partial charge >= 0.3 is 5.97 Å². The number of imidazole rings is 1. The van der Waals surface area contributed by atoms with E-state index in [0.717, 1.165) is 17.2 Å². The summed E-state index contributed by atoms with van der Waals surface area (Å²) in [5, 5.41) is 14.2. The first-order valence-electron chi connectivity index (χ1n) is 13.7. The summed E-state index contributed by atoms with van der Waals surface area (Å²) >= 11 is 1.38. The van der Waals surface area contributed by atoms with Gasteiger partial charge in [-0.05, 0) is 65.5 Å². The number of fused-ring (bicyclic) bond motifs is 2. The molecule has 4 aromatic rings. The lowest BCUT2D eigenvalue weighted by atomic mass is 9.92. The number of carbonyl (C=O) groups excluding carboxylic acids is 2. The first kappa shape index (κ1) is 28.0. The SMILES string of the molecule is Cc1cccc(C)c1-c1cc(F)c(F)c([C@H](CC(=O)O)NC(=O)[C@@H]2C3C(CN2C(=O)c2cn4ccsc4n2)C3(C)C)c1. The van der Waals surface area contributed by atoms with Crippen LogP contribution in [0.3, 0.4) is 0 Å². The molecule has 8 nitrogen and oxygen atoms in total. The van der Waals surface area contributed by atoms with Gasteiger partial charge in [-0.15, -0.1) is 11.3 Å². The number of likely N-dealkylation sites (tertiary alicyclic amines) is 1. The largest absolute Gasteiger partial charge is 0.481 e. The highest BCUT2D eigenvalue weighted by molar-refractivity contribution is 7.15. The molecule has 1 aliphatic carbocycles. The van der Waals surface area contributed by atoms with E-state index in [-0.39, 0.29) is 28.5 Å². The van der Waals surface area contributed by atoms with Crippen molar-refractivity contribution in [1.82, 2.24) is 19.6 Å². The number of amides is 2. The van der Waals surface area contributed by atoms with Crippen LogP contribution in [0, 0.1) is 42.7 Å². The molecule has 2 aromatic carbocycles. The highest BCUT2D eigenvalue weighted by Gasteiger charge is 2.69. The molecule has 2 amide bonds. The second kappa shape index (κ2) is 10.0. The molecule has 0 bridgehead atoms. The van der Waals surface area contributed by atoms with Crippen molar-refractivity contribution in [2.24, 2.45) is 17.3 Å². The molecular weight excluding hydrogens is 562 g/mol. The van der Waals surface area contributed by atoms with Crippen molar-refractivity contribution >= 4 is 34.1 Å². The lowest BCUT2D eigenvalue weighted by molar-refractivity contribution is -0.138. The normalized spacial score (nSPS) is 21.3. The first-order valence-corrected chi connectivity index (χ1v) is 14.6. The van der Waals surface area contributed by atoms with Gasteiger partial charge in [-0.2, -0.15) is 0 Å². The Morgan fingerprint density at radius 3 is 2.57 bits per heavy atom. The Kier molecular flexibility index (Phi) is 6.68. The maximum atomic E-state index is 15.3. The molecule has 0 spiro atoms. The van der Waals surface area contributed by atoms with Crippen molar-refractivity contribution in [3.05, 3.63) is 82.1 Å². The van der Waals surface area contributed by atoms with E-state index in [1.54, 1.807) is 16.8 Å². The molecular formula is C31H30F2N4O4S. The van der Waals surface area contributed by atoms with Crippen LogP contribution in [-0.2, 0) is 9.59 Å². The number of halogens is 2. The molecule has 4 atom stereocenters. The van der Waals surface area contributed by atoms with E-state index in [0.29, 0.717) is 22.6 Å². The Morgan fingerprint density at radius 1 is 1.19 bits per heavy atom. The van der Waals surface area contributed by atoms with Crippen LogP contribution in [-0.4, -0.2) is 49.8 Å². The highest BCUT2D eigenvalue weighted by Crippen LogP contribution is 2.65. The summed E-state index contributed by atoms with van der Waals surface area (Å²) in [4.78, 5) is 45.9. The van der Waals surface area contributed by atoms with Gasteiger partial charge in [0, 0.05) is 29.9 Å².